The predicted octanol–water partition coefficient (Wildman–Crippen LogP) is 5.81. The van der Waals surface area contributed by atoms with E-state index in [2.05, 4.69) is 19.8 Å². The van der Waals surface area contributed by atoms with Crippen molar-refractivity contribution in [3.05, 3.63) is 60.8 Å². The predicted molar refractivity (Wildman–Crippen MR) is 87.2 cm³/mol. The van der Waals surface area contributed by atoms with Crippen molar-refractivity contribution in [2.45, 2.75) is 12.7 Å². The Morgan fingerprint density at radius 2 is 1.22 bits per heavy atom. The van der Waals surface area contributed by atoms with Crippen molar-refractivity contribution < 1.29 is 35.8 Å². The van der Waals surface area contributed by atoms with Crippen LogP contribution < -0.4 is 14.8 Å². The molecule has 0 aromatic heterocycles. The van der Waals surface area contributed by atoms with E-state index in [4.69, 9.17) is 0 Å². The lowest BCUT2D eigenvalue weighted by Gasteiger charge is -2.09. The van der Waals surface area contributed by atoms with Crippen LogP contribution in [0.2, 0.25) is 0 Å². The van der Waals surface area contributed by atoms with Gasteiger partial charge in [0.05, 0.1) is 5.69 Å². The summed E-state index contributed by atoms with van der Waals surface area (Å²) in [6.07, 6.45) is -5.14. The lowest BCUT2D eigenvalue weighted by molar-refractivity contribution is -0.275. The summed E-state index contributed by atoms with van der Waals surface area (Å²) in [4.78, 5) is 4.00. The van der Waals surface area contributed by atoms with Gasteiger partial charge in [0.15, 0.2) is 0 Å². The Morgan fingerprint density at radius 3 is 1.70 bits per heavy atom. The molecule has 0 spiro atoms. The Bertz CT molecular complexity index is 781. The van der Waals surface area contributed by atoms with Crippen LogP contribution in [0.5, 0.6) is 11.5 Å². The molecule has 0 saturated carbocycles. The number of aliphatic imine (C=N–C) groups is 1. The third-order valence-electron chi connectivity index (χ3n) is 2.81. The van der Waals surface area contributed by atoms with Crippen LogP contribution in [0.3, 0.4) is 0 Å². The van der Waals surface area contributed by atoms with Gasteiger partial charge in [0.1, 0.15) is 11.5 Å². The molecule has 0 aliphatic rings. The first kappa shape index (κ1) is 20.1. The van der Waals surface area contributed by atoms with E-state index in [1.165, 1.54) is 42.8 Å². The number of allylic oxidation sites excluding steroid dienone is 1. The Morgan fingerprint density at radius 1 is 0.741 bits per heavy atom. The van der Waals surface area contributed by atoms with Crippen LogP contribution in [-0.4, -0.2) is 18.9 Å². The van der Waals surface area contributed by atoms with Crippen LogP contribution in [0.4, 0.5) is 37.7 Å². The standard InChI is InChI=1S/C17H12F6N2O2/c18-16(19,20)26-14-6-2-12(3-7-14)24-10-1-11-25-13-4-8-15(9-5-13)27-17(21,22)23/h1-11,24H. The van der Waals surface area contributed by atoms with Gasteiger partial charge in [0, 0.05) is 18.1 Å². The second-order valence-electron chi connectivity index (χ2n) is 4.90. The van der Waals surface area contributed by atoms with E-state index in [1.54, 1.807) is 0 Å². The molecule has 144 valence electrons. The van der Waals surface area contributed by atoms with Crippen molar-refractivity contribution in [1.82, 2.24) is 0 Å². The minimum atomic E-state index is -4.75. The largest absolute Gasteiger partial charge is 0.573 e. The Hall–Kier alpha value is -3.17. The summed E-state index contributed by atoms with van der Waals surface area (Å²) in [7, 11) is 0. The molecule has 0 aliphatic heterocycles. The van der Waals surface area contributed by atoms with Gasteiger partial charge in [0.25, 0.3) is 0 Å². The lowest BCUT2D eigenvalue weighted by atomic mass is 10.3. The van der Waals surface area contributed by atoms with Gasteiger partial charge in [-0.1, -0.05) is 0 Å². The number of rotatable bonds is 6. The highest BCUT2D eigenvalue weighted by Crippen LogP contribution is 2.25. The monoisotopic (exact) mass is 390 g/mol. The molecule has 0 saturated heterocycles. The molecule has 0 radical (unpaired) electrons. The van der Waals surface area contributed by atoms with Gasteiger partial charge in [0.2, 0.25) is 0 Å². The number of benzene rings is 2. The van der Waals surface area contributed by atoms with Gasteiger partial charge in [-0.25, -0.2) is 0 Å². The number of ether oxygens (including phenoxy) is 2. The van der Waals surface area contributed by atoms with Gasteiger partial charge in [-0.2, -0.15) is 0 Å². The van der Waals surface area contributed by atoms with E-state index in [0.29, 0.717) is 11.4 Å². The second-order valence-corrected chi connectivity index (χ2v) is 4.90. The lowest BCUT2D eigenvalue weighted by Crippen LogP contribution is -2.16. The van der Waals surface area contributed by atoms with Crippen LogP contribution in [0.25, 0.3) is 0 Å². The molecule has 0 bridgehead atoms. The van der Waals surface area contributed by atoms with Crippen LogP contribution in [-0.2, 0) is 0 Å². The molecule has 27 heavy (non-hydrogen) atoms. The smallest absolute Gasteiger partial charge is 0.406 e. The first-order chi connectivity index (χ1) is 12.6. The molecule has 0 atom stereocenters. The molecule has 2 aromatic rings. The molecule has 2 aromatic carbocycles. The SMILES string of the molecule is FC(F)(F)Oc1ccc(N=CC=CNc2ccc(OC(F)(F)F)cc2)cc1. The van der Waals surface area contributed by atoms with Gasteiger partial charge < -0.3 is 14.8 Å². The van der Waals surface area contributed by atoms with E-state index in [0.717, 1.165) is 24.3 Å². The molecular weight excluding hydrogens is 378 g/mol. The summed E-state index contributed by atoms with van der Waals surface area (Å²) in [6.45, 7) is 0. The summed E-state index contributed by atoms with van der Waals surface area (Å²) in [5.41, 5.74) is 0.922. The summed E-state index contributed by atoms with van der Waals surface area (Å²) in [6, 6.07) is 10.0. The van der Waals surface area contributed by atoms with Crippen LogP contribution in [0.1, 0.15) is 0 Å². The maximum Gasteiger partial charge on any atom is 0.573 e. The zero-order valence-electron chi connectivity index (χ0n) is 13.4. The van der Waals surface area contributed by atoms with Gasteiger partial charge >= 0.3 is 12.7 Å². The third-order valence-corrected chi connectivity index (χ3v) is 2.81. The molecule has 0 fully saturated rings. The average Bonchev–Trinajstić information content (AvgIpc) is 2.55. The topological polar surface area (TPSA) is 42.8 Å². The van der Waals surface area contributed by atoms with E-state index in [-0.39, 0.29) is 11.5 Å². The molecule has 0 heterocycles. The highest BCUT2D eigenvalue weighted by atomic mass is 19.4. The molecule has 4 nitrogen and oxygen atoms in total. The molecule has 0 unspecified atom stereocenters. The second kappa shape index (κ2) is 8.47. The van der Waals surface area contributed by atoms with Crippen molar-refractivity contribution >= 4 is 17.6 Å². The Labute approximate surface area is 149 Å². The normalized spacial score (nSPS) is 12.5. The van der Waals surface area contributed by atoms with Gasteiger partial charge in [-0.3, -0.25) is 4.99 Å². The fourth-order valence-electron chi connectivity index (χ4n) is 1.80. The van der Waals surface area contributed by atoms with Crippen LogP contribution in [0, 0.1) is 0 Å². The molecule has 0 amide bonds. The highest BCUT2D eigenvalue weighted by Gasteiger charge is 2.31. The highest BCUT2D eigenvalue weighted by molar-refractivity contribution is 5.75. The zero-order chi connectivity index (χ0) is 19.9. The van der Waals surface area contributed by atoms with E-state index < -0.39 is 12.7 Å². The van der Waals surface area contributed by atoms with Crippen molar-refractivity contribution in [2.75, 3.05) is 5.32 Å². The van der Waals surface area contributed by atoms with Gasteiger partial charge in [-0.05, 0) is 54.6 Å². The maximum absolute atomic E-state index is 12.0. The number of alkyl halides is 6. The molecule has 2 rings (SSSR count). The third kappa shape index (κ3) is 8.17. The van der Waals surface area contributed by atoms with Crippen molar-refractivity contribution in [3.8, 4) is 11.5 Å². The summed E-state index contributed by atoms with van der Waals surface area (Å²) in [5, 5.41) is 2.80. The quantitative estimate of drug-likeness (QED) is 0.500. The van der Waals surface area contributed by atoms with E-state index in [1.807, 2.05) is 0 Å². The summed E-state index contributed by atoms with van der Waals surface area (Å²) < 4.78 is 79.7. The number of anilines is 1. The number of nitrogens with one attached hydrogen (secondary N) is 1. The molecular formula is C17H12F6N2O2. The number of hydrogen-bond donors (Lipinski definition) is 1. The van der Waals surface area contributed by atoms with E-state index >= 15 is 0 Å². The summed E-state index contributed by atoms with van der Waals surface area (Å²) in [5.74, 6) is -0.687. The Balaban J connectivity index is 1.83. The van der Waals surface area contributed by atoms with Crippen molar-refractivity contribution in [1.29, 1.82) is 0 Å². The minimum Gasteiger partial charge on any atom is -0.406 e. The molecule has 1 N–H and O–H groups in total. The Kier molecular flexibility index (Phi) is 6.32. The van der Waals surface area contributed by atoms with E-state index in [9.17, 15) is 26.3 Å². The summed E-state index contributed by atoms with van der Waals surface area (Å²) >= 11 is 0. The van der Waals surface area contributed by atoms with Crippen LogP contribution in [0.15, 0.2) is 65.8 Å². The fourth-order valence-corrected chi connectivity index (χ4v) is 1.80. The molecule has 10 heteroatoms. The zero-order valence-corrected chi connectivity index (χ0v) is 13.4. The fraction of sp³-hybridized carbons (Fsp3) is 0.118. The maximum atomic E-state index is 12.0. The van der Waals surface area contributed by atoms with Crippen molar-refractivity contribution in [3.63, 3.8) is 0 Å². The minimum absolute atomic E-state index is 0.337. The average molecular weight is 390 g/mol. The van der Waals surface area contributed by atoms with Gasteiger partial charge in [-0.15, -0.1) is 26.3 Å². The first-order valence-corrected chi connectivity index (χ1v) is 7.28. The number of halogens is 6. The van der Waals surface area contributed by atoms with Crippen molar-refractivity contribution in [2.24, 2.45) is 4.99 Å². The number of nitrogens with zero attached hydrogens (tertiary/aromatic N) is 1. The van der Waals surface area contributed by atoms with Crippen LogP contribution >= 0.6 is 0 Å². The molecule has 0 aliphatic carbocycles. The first-order valence-electron chi connectivity index (χ1n) is 7.28. The number of hydrogen-bond acceptors (Lipinski definition) is 4.